The van der Waals surface area contributed by atoms with Gasteiger partial charge in [-0.15, -0.1) is 0 Å². The predicted molar refractivity (Wildman–Crippen MR) is 96.7 cm³/mol. The number of para-hydroxylation sites is 1. The summed E-state index contributed by atoms with van der Waals surface area (Å²) in [4.78, 5) is 25.8. The molecule has 2 aromatic carbocycles. The Morgan fingerprint density at radius 2 is 1.69 bits per heavy atom. The van der Waals surface area contributed by atoms with E-state index in [-0.39, 0.29) is 25.2 Å². The van der Waals surface area contributed by atoms with E-state index in [4.69, 9.17) is 14.7 Å². The number of ether oxygens (including phenoxy) is 2. The van der Waals surface area contributed by atoms with Crippen LogP contribution in [0.25, 0.3) is 0 Å². The number of esters is 1. The first-order valence-electron chi connectivity index (χ1n) is 8.17. The van der Waals surface area contributed by atoms with Crippen molar-refractivity contribution in [1.29, 1.82) is 5.26 Å². The smallest absolute Gasteiger partial charge is 0.344 e. The molecule has 0 saturated carbocycles. The van der Waals surface area contributed by atoms with E-state index in [1.807, 2.05) is 50.2 Å². The van der Waals surface area contributed by atoms with Crippen LogP contribution in [-0.2, 0) is 14.3 Å². The van der Waals surface area contributed by atoms with E-state index >= 15 is 0 Å². The van der Waals surface area contributed by atoms with Crippen LogP contribution in [-0.4, -0.2) is 31.1 Å². The van der Waals surface area contributed by atoms with Crippen LogP contribution in [0.15, 0.2) is 54.6 Å². The summed E-state index contributed by atoms with van der Waals surface area (Å²) in [5.41, 5.74) is 1.25. The lowest BCUT2D eigenvalue weighted by Gasteiger charge is -2.26. The summed E-state index contributed by atoms with van der Waals surface area (Å²) < 4.78 is 10.3. The van der Waals surface area contributed by atoms with Gasteiger partial charge in [-0.1, -0.05) is 18.2 Å². The lowest BCUT2D eigenvalue weighted by molar-refractivity contribution is -0.149. The lowest BCUT2D eigenvalue weighted by atomic mass is 10.2. The molecule has 0 aliphatic carbocycles. The Balaban J connectivity index is 1.85. The Morgan fingerprint density at radius 1 is 1.04 bits per heavy atom. The minimum absolute atomic E-state index is 0.0708. The summed E-state index contributed by atoms with van der Waals surface area (Å²) in [6.07, 6.45) is 0. The van der Waals surface area contributed by atoms with Gasteiger partial charge in [0.2, 0.25) is 0 Å². The number of anilines is 1. The van der Waals surface area contributed by atoms with Gasteiger partial charge in [0.25, 0.3) is 5.91 Å². The molecule has 0 atom stereocenters. The molecule has 134 valence electrons. The first kappa shape index (κ1) is 19.0. The molecule has 0 heterocycles. The lowest BCUT2D eigenvalue weighted by Crippen LogP contribution is -2.40. The van der Waals surface area contributed by atoms with Gasteiger partial charge in [-0.05, 0) is 50.2 Å². The summed E-state index contributed by atoms with van der Waals surface area (Å²) in [6, 6.07) is 17.5. The normalized spacial score (nSPS) is 10.1. The molecule has 0 bridgehead atoms. The van der Waals surface area contributed by atoms with Crippen LogP contribution in [0.3, 0.4) is 0 Å². The molecule has 2 aromatic rings. The molecular formula is C20H20N2O4. The van der Waals surface area contributed by atoms with Crippen LogP contribution >= 0.6 is 0 Å². The summed E-state index contributed by atoms with van der Waals surface area (Å²) >= 11 is 0. The number of amides is 1. The summed E-state index contributed by atoms with van der Waals surface area (Å²) in [5.74, 6) is -0.502. The summed E-state index contributed by atoms with van der Waals surface area (Å²) in [5, 5.41) is 8.73. The Labute approximate surface area is 152 Å². The van der Waals surface area contributed by atoms with Gasteiger partial charge in [-0.25, -0.2) is 4.79 Å². The molecule has 0 unspecified atom stereocenters. The van der Waals surface area contributed by atoms with Gasteiger partial charge in [0.05, 0.1) is 11.6 Å². The number of hydrogen-bond acceptors (Lipinski definition) is 5. The van der Waals surface area contributed by atoms with Crippen molar-refractivity contribution in [3.8, 4) is 11.8 Å². The van der Waals surface area contributed by atoms with Crippen LogP contribution in [0.1, 0.15) is 19.4 Å². The van der Waals surface area contributed by atoms with E-state index in [0.717, 1.165) is 5.69 Å². The van der Waals surface area contributed by atoms with Crippen LogP contribution in [0.5, 0.6) is 5.75 Å². The number of nitrogens with zero attached hydrogens (tertiary/aromatic N) is 2. The second-order valence-corrected chi connectivity index (χ2v) is 5.78. The molecule has 0 saturated heterocycles. The van der Waals surface area contributed by atoms with Gasteiger partial charge in [0.1, 0.15) is 5.75 Å². The Morgan fingerprint density at radius 3 is 2.27 bits per heavy atom. The van der Waals surface area contributed by atoms with Crippen LogP contribution in [0.2, 0.25) is 0 Å². The average Bonchev–Trinajstić information content (AvgIpc) is 2.66. The zero-order valence-corrected chi connectivity index (χ0v) is 14.7. The van der Waals surface area contributed by atoms with E-state index in [1.165, 1.54) is 0 Å². The highest BCUT2D eigenvalue weighted by atomic mass is 16.6. The van der Waals surface area contributed by atoms with Gasteiger partial charge in [0.15, 0.2) is 13.2 Å². The first-order chi connectivity index (χ1) is 12.5. The standard InChI is InChI=1S/C20H20N2O4/c1-15(2)22(17-6-4-3-5-7-17)19(23)13-26-20(24)14-25-18-10-8-16(12-21)9-11-18/h3-11,15H,13-14H2,1-2H3. The summed E-state index contributed by atoms with van der Waals surface area (Å²) in [7, 11) is 0. The molecule has 0 fully saturated rings. The molecule has 0 aliphatic rings. The zero-order chi connectivity index (χ0) is 18.9. The number of carbonyl (C=O) groups is 2. The maximum absolute atomic E-state index is 12.4. The second kappa shape index (κ2) is 9.23. The monoisotopic (exact) mass is 352 g/mol. The van der Waals surface area contributed by atoms with Crippen molar-refractivity contribution in [2.75, 3.05) is 18.1 Å². The summed E-state index contributed by atoms with van der Waals surface area (Å²) in [6.45, 7) is 3.11. The number of hydrogen-bond donors (Lipinski definition) is 0. The minimum atomic E-state index is -0.639. The molecule has 0 spiro atoms. The molecule has 0 aliphatic heterocycles. The number of carbonyl (C=O) groups excluding carboxylic acids is 2. The van der Waals surface area contributed by atoms with Gasteiger partial charge in [0, 0.05) is 11.7 Å². The number of nitriles is 1. The van der Waals surface area contributed by atoms with Crippen molar-refractivity contribution in [2.45, 2.75) is 19.9 Å². The molecular weight excluding hydrogens is 332 g/mol. The van der Waals surface area contributed by atoms with Crippen molar-refractivity contribution in [3.63, 3.8) is 0 Å². The topological polar surface area (TPSA) is 79.6 Å². The SMILES string of the molecule is CC(C)N(C(=O)COC(=O)COc1ccc(C#N)cc1)c1ccccc1. The van der Waals surface area contributed by atoms with Crippen molar-refractivity contribution in [1.82, 2.24) is 0 Å². The van der Waals surface area contributed by atoms with Gasteiger partial charge >= 0.3 is 5.97 Å². The van der Waals surface area contributed by atoms with Crippen LogP contribution < -0.4 is 9.64 Å². The van der Waals surface area contributed by atoms with Crippen molar-refractivity contribution < 1.29 is 19.1 Å². The fraction of sp³-hybridized carbons (Fsp3) is 0.250. The third-order valence-electron chi connectivity index (χ3n) is 3.52. The van der Waals surface area contributed by atoms with E-state index in [9.17, 15) is 9.59 Å². The van der Waals surface area contributed by atoms with Crippen molar-refractivity contribution in [2.24, 2.45) is 0 Å². The van der Waals surface area contributed by atoms with Crippen molar-refractivity contribution in [3.05, 3.63) is 60.2 Å². The molecule has 2 rings (SSSR count). The highest BCUT2D eigenvalue weighted by molar-refractivity contribution is 5.95. The fourth-order valence-corrected chi connectivity index (χ4v) is 2.34. The highest BCUT2D eigenvalue weighted by Gasteiger charge is 2.20. The molecule has 0 aromatic heterocycles. The minimum Gasteiger partial charge on any atom is -0.482 e. The molecule has 26 heavy (non-hydrogen) atoms. The van der Waals surface area contributed by atoms with E-state index < -0.39 is 5.97 Å². The molecule has 6 nitrogen and oxygen atoms in total. The van der Waals surface area contributed by atoms with Crippen LogP contribution in [0, 0.1) is 11.3 Å². The molecule has 6 heteroatoms. The number of benzene rings is 2. The Bertz CT molecular complexity index is 780. The van der Waals surface area contributed by atoms with E-state index in [2.05, 4.69) is 0 Å². The Hall–Kier alpha value is -3.33. The average molecular weight is 352 g/mol. The van der Waals surface area contributed by atoms with Gasteiger partial charge in [-0.3, -0.25) is 4.79 Å². The largest absolute Gasteiger partial charge is 0.482 e. The second-order valence-electron chi connectivity index (χ2n) is 5.78. The third-order valence-corrected chi connectivity index (χ3v) is 3.52. The Kier molecular flexibility index (Phi) is 6.75. The van der Waals surface area contributed by atoms with Crippen LogP contribution in [0.4, 0.5) is 5.69 Å². The zero-order valence-electron chi connectivity index (χ0n) is 14.7. The maximum Gasteiger partial charge on any atom is 0.344 e. The highest BCUT2D eigenvalue weighted by Crippen LogP contribution is 2.17. The third kappa shape index (κ3) is 5.35. The molecule has 0 N–H and O–H groups in total. The van der Waals surface area contributed by atoms with Gasteiger partial charge < -0.3 is 14.4 Å². The molecule has 1 amide bonds. The first-order valence-corrected chi connectivity index (χ1v) is 8.17. The van der Waals surface area contributed by atoms with E-state index in [0.29, 0.717) is 11.3 Å². The number of rotatable bonds is 7. The van der Waals surface area contributed by atoms with Crippen molar-refractivity contribution >= 4 is 17.6 Å². The predicted octanol–water partition coefficient (Wildman–Crippen LogP) is 2.92. The maximum atomic E-state index is 12.4. The van der Waals surface area contributed by atoms with E-state index in [1.54, 1.807) is 29.2 Å². The molecule has 0 radical (unpaired) electrons. The quantitative estimate of drug-likeness (QED) is 0.716. The fourth-order valence-electron chi connectivity index (χ4n) is 2.34. The van der Waals surface area contributed by atoms with Gasteiger partial charge in [-0.2, -0.15) is 5.26 Å².